The van der Waals surface area contributed by atoms with Crippen LogP contribution in [-0.4, -0.2) is 38.0 Å². The number of hydrogen-bond acceptors (Lipinski definition) is 6. The van der Waals surface area contributed by atoms with Crippen LogP contribution in [0.4, 0.5) is 8.78 Å². The Balaban J connectivity index is 1.63. The van der Waals surface area contributed by atoms with E-state index in [1.165, 1.54) is 6.08 Å². The van der Waals surface area contributed by atoms with Crippen LogP contribution in [0.15, 0.2) is 41.8 Å². The molecule has 2 aromatic rings. The summed E-state index contributed by atoms with van der Waals surface area (Å²) in [7, 11) is -3.34. The number of benzene rings is 1. The minimum atomic E-state index is -3.34. The summed E-state index contributed by atoms with van der Waals surface area (Å²) in [6, 6.07) is 8.20. The van der Waals surface area contributed by atoms with E-state index in [9.17, 15) is 22.0 Å². The molecule has 2 fully saturated rings. The van der Waals surface area contributed by atoms with Crippen LogP contribution in [0.5, 0.6) is 11.6 Å². The summed E-state index contributed by atoms with van der Waals surface area (Å²) in [6.07, 6.45) is 2.33. The molecule has 0 unspecified atom stereocenters. The van der Waals surface area contributed by atoms with E-state index >= 15 is 0 Å². The van der Waals surface area contributed by atoms with Crippen LogP contribution in [0.1, 0.15) is 40.4 Å². The smallest absolute Gasteiger partial charge is 0.267 e. The van der Waals surface area contributed by atoms with Crippen molar-refractivity contribution in [1.82, 2.24) is 10.3 Å². The first-order chi connectivity index (χ1) is 14.7. The number of para-hydroxylation sites is 1. The molecule has 1 atom stereocenters. The second-order valence-electron chi connectivity index (χ2n) is 8.02. The molecule has 0 bridgehead atoms. The number of halogens is 2. The van der Waals surface area contributed by atoms with Crippen molar-refractivity contribution in [1.29, 1.82) is 0 Å². The number of aromatic nitrogens is 1. The highest BCUT2D eigenvalue weighted by Crippen LogP contribution is 2.55. The van der Waals surface area contributed by atoms with E-state index in [-0.39, 0.29) is 21.7 Å². The van der Waals surface area contributed by atoms with Crippen LogP contribution in [0.25, 0.3) is 0 Å². The summed E-state index contributed by atoms with van der Waals surface area (Å²) in [6.45, 7) is 0. The van der Waals surface area contributed by atoms with Gasteiger partial charge in [-0.25, -0.2) is 22.2 Å². The van der Waals surface area contributed by atoms with E-state index in [1.54, 1.807) is 30.3 Å². The van der Waals surface area contributed by atoms with Crippen molar-refractivity contribution in [2.24, 2.45) is 5.92 Å². The first-order valence-electron chi connectivity index (χ1n) is 9.89. The van der Waals surface area contributed by atoms with Crippen LogP contribution in [-0.2, 0) is 15.3 Å². The van der Waals surface area contributed by atoms with Crippen LogP contribution >= 0.6 is 11.3 Å². The van der Waals surface area contributed by atoms with E-state index < -0.39 is 33.6 Å². The zero-order chi connectivity index (χ0) is 22.2. The lowest BCUT2D eigenvalue weighted by molar-refractivity contribution is 0.0942. The summed E-state index contributed by atoms with van der Waals surface area (Å²) < 4.78 is 56.0. The van der Waals surface area contributed by atoms with Gasteiger partial charge in [-0.2, -0.15) is 0 Å². The Labute approximate surface area is 183 Å². The fourth-order valence-corrected chi connectivity index (χ4v) is 4.81. The number of sulfone groups is 1. The SMILES string of the molecule is CS(=O)(=O)/C=C/[C@@H](NC(=O)c1sc(C2(C(F)F)CC2)nc1Oc1ccccc1)C1CC1. The topological polar surface area (TPSA) is 85.4 Å². The van der Waals surface area contributed by atoms with Crippen molar-refractivity contribution in [3.63, 3.8) is 0 Å². The summed E-state index contributed by atoms with van der Waals surface area (Å²) in [5, 5.41) is 4.08. The molecule has 4 rings (SSSR count). The summed E-state index contributed by atoms with van der Waals surface area (Å²) in [4.78, 5) is 17.4. The number of amides is 1. The van der Waals surface area contributed by atoms with E-state index in [4.69, 9.17) is 4.74 Å². The molecule has 0 spiro atoms. The molecule has 31 heavy (non-hydrogen) atoms. The third-order valence-electron chi connectivity index (χ3n) is 5.35. The molecule has 1 amide bonds. The molecule has 1 heterocycles. The maximum Gasteiger partial charge on any atom is 0.267 e. The Hall–Kier alpha value is -2.33. The number of thiazole rings is 1. The molecule has 1 N–H and O–H groups in total. The maximum atomic E-state index is 13.6. The van der Waals surface area contributed by atoms with Gasteiger partial charge in [0.15, 0.2) is 14.7 Å². The molecular weight excluding hydrogens is 446 g/mol. The zero-order valence-electron chi connectivity index (χ0n) is 16.8. The fraction of sp³-hybridized carbons (Fsp3) is 0.429. The molecule has 0 radical (unpaired) electrons. The highest BCUT2D eigenvalue weighted by atomic mass is 32.2. The number of nitrogens with one attached hydrogen (secondary N) is 1. The highest BCUT2D eigenvalue weighted by Gasteiger charge is 2.55. The molecule has 10 heteroatoms. The van der Waals surface area contributed by atoms with Gasteiger partial charge in [0.05, 0.1) is 11.5 Å². The van der Waals surface area contributed by atoms with Gasteiger partial charge in [-0.1, -0.05) is 24.3 Å². The lowest BCUT2D eigenvalue weighted by atomic mass is 10.1. The Morgan fingerprint density at radius 3 is 2.52 bits per heavy atom. The van der Waals surface area contributed by atoms with E-state index in [0.717, 1.165) is 35.8 Å². The van der Waals surface area contributed by atoms with Crippen molar-refractivity contribution >= 4 is 27.1 Å². The Morgan fingerprint density at radius 2 is 1.97 bits per heavy atom. The van der Waals surface area contributed by atoms with Crippen molar-refractivity contribution in [2.45, 2.75) is 43.6 Å². The van der Waals surface area contributed by atoms with E-state index in [2.05, 4.69) is 10.3 Å². The normalized spacial score (nSPS) is 18.8. The van der Waals surface area contributed by atoms with Gasteiger partial charge in [0.2, 0.25) is 12.3 Å². The second kappa shape index (κ2) is 8.31. The number of rotatable bonds is 9. The van der Waals surface area contributed by atoms with Crippen molar-refractivity contribution in [3.05, 3.63) is 51.7 Å². The fourth-order valence-electron chi connectivity index (χ4n) is 3.21. The lowest BCUT2D eigenvalue weighted by Crippen LogP contribution is -2.34. The molecule has 1 aromatic heterocycles. The minimum absolute atomic E-state index is 0.0164. The predicted molar refractivity (Wildman–Crippen MR) is 114 cm³/mol. The number of carbonyl (C=O) groups is 1. The number of alkyl halides is 2. The molecule has 2 aliphatic carbocycles. The van der Waals surface area contributed by atoms with Gasteiger partial charge < -0.3 is 10.1 Å². The van der Waals surface area contributed by atoms with Gasteiger partial charge in [0.1, 0.15) is 10.8 Å². The van der Waals surface area contributed by atoms with Crippen LogP contribution < -0.4 is 10.1 Å². The molecule has 0 saturated heterocycles. The molecule has 6 nitrogen and oxygen atoms in total. The van der Waals surface area contributed by atoms with Crippen LogP contribution in [0.2, 0.25) is 0 Å². The maximum absolute atomic E-state index is 13.6. The van der Waals surface area contributed by atoms with Gasteiger partial charge in [0, 0.05) is 11.7 Å². The Bertz CT molecular complexity index is 1090. The Morgan fingerprint density at radius 1 is 1.29 bits per heavy atom. The summed E-state index contributed by atoms with van der Waals surface area (Å²) >= 11 is 0.912. The standard InChI is InChI=1S/C21H22F2N2O4S2/c1-31(27,28)12-9-15(13-7-8-13)24-17(26)16-18(29-14-5-3-2-4-6-14)25-20(30-16)21(10-11-21)19(22)23/h2-6,9,12-13,15,19H,7-8,10-11H2,1H3,(H,24,26)/b12-9+/t15-/m1/s1. The zero-order valence-corrected chi connectivity index (χ0v) is 18.4. The molecular formula is C21H22F2N2O4S2. The second-order valence-corrected chi connectivity index (χ2v) is 11.0. The van der Waals surface area contributed by atoms with E-state index in [0.29, 0.717) is 18.6 Å². The van der Waals surface area contributed by atoms with Crippen LogP contribution in [0, 0.1) is 5.92 Å². The van der Waals surface area contributed by atoms with Gasteiger partial charge in [0.25, 0.3) is 5.91 Å². The first kappa shape index (κ1) is 21.9. The number of nitrogens with zero attached hydrogens (tertiary/aromatic N) is 1. The van der Waals surface area contributed by atoms with Gasteiger partial charge >= 0.3 is 0 Å². The summed E-state index contributed by atoms with van der Waals surface area (Å²) in [5.41, 5.74) is -1.32. The number of hydrogen-bond donors (Lipinski definition) is 1. The minimum Gasteiger partial charge on any atom is -0.437 e. The number of ether oxygens (including phenoxy) is 1. The average molecular weight is 469 g/mol. The molecule has 2 saturated carbocycles. The van der Waals surface area contributed by atoms with Gasteiger partial charge in [-0.3, -0.25) is 4.79 Å². The van der Waals surface area contributed by atoms with Gasteiger partial charge in [-0.05, 0) is 43.7 Å². The van der Waals surface area contributed by atoms with Crippen molar-refractivity contribution < 1.29 is 26.7 Å². The summed E-state index contributed by atoms with van der Waals surface area (Å²) in [5.74, 6) is 0.0433. The first-order valence-corrected chi connectivity index (χ1v) is 12.7. The Kier molecular flexibility index (Phi) is 5.87. The molecule has 0 aliphatic heterocycles. The number of carbonyl (C=O) groups excluding carboxylic acids is 1. The molecule has 1 aromatic carbocycles. The third-order valence-corrected chi connectivity index (χ3v) is 7.26. The lowest BCUT2D eigenvalue weighted by Gasteiger charge is -2.14. The van der Waals surface area contributed by atoms with Crippen molar-refractivity contribution in [3.8, 4) is 11.6 Å². The largest absolute Gasteiger partial charge is 0.437 e. The van der Waals surface area contributed by atoms with E-state index in [1.807, 2.05) is 0 Å². The van der Waals surface area contributed by atoms with Crippen LogP contribution in [0.3, 0.4) is 0 Å². The molecule has 166 valence electrons. The van der Waals surface area contributed by atoms with Crippen molar-refractivity contribution in [2.75, 3.05) is 6.26 Å². The third kappa shape index (κ3) is 5.12. The molecule has 2 aliphatic rings. The predicted octanol–water partition coefficient (Wildman–Crippen LogP) is 4.30. The average Bonchev–Trinajstić information content (AvgIpc) is 3.63. The quantitative estimate of drug-likeness (QED) is 0.593. The monoisotopic (exact) mass is 468 g/mol. The highest BCUT2D eigenvalue weighted by molar-refractivity contribution is 7.93. The van der Waals surface area contributed by atoms with Gasteiger partial charge in [-0.15, -0.1) is 11.3 Å².